The van der Waals surface area contributed by atoms with Crippen LogP contribution in [0.1, 0.15) is 32.1 Å². The largest absolute Gasteiger partial charge is 0.376 e. The summed E-state index contributed by atoms with van der Waals surface area (Å²) in [6.07, 6.45) is 5.24. The first-order valence-corrected chi connectivity index (χ1v) is 6.94. The van der Waals surface area contributed by atoms with Crippen LogP contribution in [0.5, 0.6) is 0 Å². The molecule has 2 fully saturated rings. The third kappa shape index (κ3) is 3.22. The maximum atomic E-state index is 12.3. The van der Waals surface area contributed by atoms with E-state index in [2.05, 4.69) is 5.32 Å². The Balaban J connectivity index is 1.81. The second-order valence-electron chi connectivity index (χ2n) is 5.32. The van der Waals surface area contributed by atoms with Crippen molar-refractivity contribution < 1.29 is 14.3 Å². The molecule has 5 nitrogen and oxygen atoms in total. The molecule has 5 heteroatoms. The topological polar surface area (TPSA) is 73.6 Å². The molecule has 0 aromatic heterocycles. The maximum Gasteiger partial charge on any atom is 0.227 e. The monoisotopic (exact) mass is 256 g/mol. The van der Waals surface area contributed by atoms with Crippen molar-refractivity contribution in [2.45, 2.75) is 38.2 Å². The molecule has 18 heavy (non-hydrogen) atoms. The molecule has 1 amide bonds. The quantitative estimate of drug-likeness (QED) is 0.765. The number of carbonyl (C=O) groups is 1. The van der Waals surface area contributed by atoms with Gasteiger partial charge in [-0.15, -0.1) is 0 Å². The second kappa shape index (κ2) is 6.50. The van der Waals surface area contributed by atoms with E-state index in [1.807, 2.05) is 0 Å². The van der Waals surface area contributed by atoms with Crippen molar-refractivity contribution in [1.29, 1.82) is 0 Å². The summed E-state index contributed by atoms with van der Waals surface area (Å²) in [5.74, 6) is 0.0962. The molecule has 1 saturated heterocycles. The molecule has 0 bridgehead atoms. The van der Waals surface area contributed by atoms with E-state index < -0.39 is 0 Å². The molecular formula is C13H24N2O3. The molecular weight excluding hydrogens is 232 g/mol. The zero-order chi connectivity index (χ0) is 12.8. The first-order chi connectivity index (χ1) is 8.77. The molecule has 0 radical (unpaired) electrons. The SMILES string of the molecule is NCC1(C(=O)NCC2COCCO2)CCCCC1. The van der Waals surface area contributed by atoms with Crippen LogP contribution in [0.4, 0.5) is 0 Å². The lowest BCUT2D eigenvalue weighted by molar-refractivity contribution is -0.134. The van der Waals surface area contributed by atoms with E-state index in [-0.39, 0.29) is 17.4 Å². The van der Waals surface area contributed by atoms with E-state index >= 15 is 0 Å². The molecule has 3 N–H and O–H groups in total. The van der Waals surface area contributed by atoms with Crippen LogP contribution in [0.15, 0.2) is 0 Å². The normalized spacial score (nSPS) is 27.7. The lowest BCUT2D eigenvalue weighted by atomic mass is 9.73. The Morgan fingerprint density at radius 2 is 2.06 bits per heavy atom. The van der Waals surface area contributed by atoms with Gasteiger partial charge in [0.25, 0.3) is 0 Å². The highest BCUT2D eigenvalue weighted by molar-refractivity contribution is 5.83. The minimum Gasteiger partial charge on any atom is -0.376 e. The molecule has 1 saturated carbocycles. The third-order valence-corrected chi connectivity index (χ3v) is 4.06. The smallest absolute Gasteiger partial charge is 0.227 e. The van der Waals surface area contributed by atoms with Gasteiger partial charge in [0.2, 0.25) is 5.91 Å². The lowest BCUT2D eigenvalue weighted by Gasteiger charge is -2.35. The number of nitrogens with one attached hydrogen (secondary N) is 1. The zero-order valence-corrected chi connectivity index (χ0v) is 11.0. The van der Waals surface area contributed by atoms with E-state index in [0.29, 0.717) is 32.9 Å². The molecule has 2 rings (SSSR count). The molecule has 0 spiro atoms. The van der Waals surface area contributed by atoms with E-state index in [4.69, 9.17) is 15.2 Å². The molecule has 0 aromatic rings. The van der Waals surface area contributed by atoms with E-state index in [9.17, 15) is 4.79 Å². The van der Waals surface area contributed by atoms with Crippen LogP contribution in [0.25, 0.3) is 0 Å². The van der Waals surface area contributed by atoms with E-state index in [1.165, 1.54) is 6.42 Å². The van der Waals surface area contributed by atoms with Crippen molar-refractivity contribution in [2.24, 2.45) is 11.1 Å². The summed E-state index contributed by atoms with van der Waals surface area (Å²) in [4.78, 5) is 12.3. The Kier molecular flexibility index (Phi) is 4.97. The molecule has 0 aromatic carbocycles. The van der Waals surface area contributed by atoms with E-state index in [0.717, 1.165) is 25.7 Å². The second-order valence-corrected chi connectivity index (χ2v) is 5.32. The lowest BCUT2D eigenvalue weighted by Crippen LogP contribution is -2.50. The average molecular weight is 256 g/mol. The summed E-state index contributed by atoms with van der Waals surface area (Å²) in [6, 6.07) is 0. The van der Waals surface area contributed by atoms with Crippen molar-refractivity contribution in [3.63, 3.8) is 0 Å². The standard InChI is InChI=1S/C13H24N2O3/c14-10-13(4-2-1-3-5-13)12(16)15-8-11-9-17-6-7-18-11/h11H,1-10,14H2,(H,15,16). The van der Waals surface area contributed by atoms with E-state index in [1.54, 1.807) is 0 Å². The predicted octanol–water partition coefficient (Wildman–Crippen LogP) is 0.427. The van der Waals surface area contributed by atoms with Crippen molar-refractivity contribution in [3.05, 3.63) is 0 Å². The van der Waals surface area contributed by atoms with Crippen LogP contribution in [0.2, 0.25) is 0 Å². The highest BCUT2D eigenvalue weighted by Crippen LogP contribution is 2.35. The summed E-state index contributed by atoms with van der Waals surface area (Å²) in [5.41, 5.74) is 5.49. The minimum atomic E-state index is -0.340. The summed E-state index contributed by atoms with van der Waals surface area (Å²) >= 11 is 0. The molecule has 1 aliphatic carbocycles. The van der Waals surface area contributed by atoms with Gasteiger partial charge in [0, 0.05) is 13.1 Å². The summed E-state index contributed by atoms with van der Waals surface area (Å²) < 4.78 is 10.8. The Morgan fingerprint density at radius 3 is 2.67 bits per heavy atom. The molecule has 104 valence electrons. The predicted molar refractivity (Wildman–Crippen MR) is 68.1 cm³/mol. The van der Waals surface area contributed by atoms with Crippen molar-refractivity contribution in [1.82, 2.24) is 5.32 Å². The summed E-state index contributed by atoms with van der Waals surface area (Å²) in [6.45, 7) is 2.80. The highest BCUT2D eigenvalue weighted by atomic mass is 16.6. The van der Waals surface area contributed by atoms with Crippen molar-refractivity contribution in [3.8, 4) is 0 Å². The Labute approximate surface area is 108 Å². The van der Waals surface area contributed by atoms with Gasteiger partial charge in [-0.25, -0.2) is 0 Å². The maximum absolute atomic E-state index is 12.3. The van der Waals surface area contributed by atoms with Gasteiger partial charge in [-0.05, 0) is 12.8 Å². The van der Waals surface area contributed by atoms with Gasteiger partial charge in [-0.3, -0.25) is 4.79 Å². The number of ether oxygens (including phenoxy) is 2. The first kappa shape index (κ1) is 13.8. The molecule has 1 atom stereocenters. The molecule has 1 aliphatic heterocycles. The van der Waals surface area contributed by atoms with Crippen molar-refractivity contribution >= 4 is 5.91 Å². The van der Waals surface area contributed by atoms with Crippen LogP contribution in [-0.4, -0.2) is 44.9 Å². The fourth-order valence-corrected chi connectivity index (χ4v) is 2.80. The van der Waals surface area contributed by atoms with Crippen molar-refractivity contribution in [2.75, 3.05) is 32.9 Å². The zero-order valence-electron chi connectivity index (χ0n) is 11.0. The number of carbonyl (C=O) groups excluding carboxylic acids is 1. The number of rotatable bonds is 4. The number of hydrogen-bond acceptors (Lipinski definition) is 4. The summed E-state index contributed by atoms with van der Waals surface area (Å²) in [5, 5.41) is 2.99. The average Bonchev–Trinajstić information content (AvgIpc) is 2.46. The van der Waals surface area contributed by atoms with Crippen LogP contribution < -0.4 is 11.1 Å². The van der Waals surface area contributed by atoms with Crippen LogP contribution in [0, 0.1) is 5.41 Å². The first-order valence-electron chi connectivity index (χ1n) is 6.94. The van der Waals surface area contributed by atoms with Gasteiger partial charge >= 0.3 is 0 Å². The van der Waals surface area contributed by atoms with Gasteiger partial charge in [0.15, 0.2) is 0 Å². The number of amides is 1. The fraction of sp³-hybridized carbons (Fsp3) is 0.923. The van der Waals surface area contributed by atoms with Crippen LogP contribution in [0.3, 0.4) is 0 Å². The van der Waals surface area contributed by atoms with Gasteiger partial charge in [0.05, 0.1) is 31.3 Å². The van der Waals surface area contributed by atoms with Gasteiger partial charge in [-0.2, -0.15) is 0 Å². The number of nitrogens with two attached hydrogens (primary N) is 1. The Morgan fingerprint density at radius 1 is 1.28 bits per heavy atom. The molecule has 2 aliphatic rings. The number of hydrogen-bond donors (Lipinski definition) is 2. The third-order valence-electron chi connectivity index (χ3n) is 4.06. The minimum absolute atomic E-state index is 0.0129. The van der Waals surface area contributed by atoms with Crippen LogP contribution in [-0.2, 0) is 14.3 Å². The summed E-state index contributed by atoms with van der Waals surface area (Å²) in [7, 11) is 0. The molecule has 1 heterocycles. The fourth-order valence-electron chi connectivity index (χ4n) is 2.80. The Hall–Kier alpha value is -0.650. The molecule has 1 unspecified atom stereocenters. The van der Waals surface area contributed by atoms with Gasteiger partial charge in [-0.1, -0.05) is 19.3 Å². The van der Waals surface area contributed by atoms with Gasteiger partial charge in [0.1, 0.15) is 0 Å². The van der Waals surface area contributed by atoms with Gasteiger partial charge < -0.3 is 20.5 Å². The Bertz CT molecular complexity index is 271. The van der Waals surface area contributed by atoms with Crippen LogP contribution >= 0.6 is 0 Å². The highest BCUT2D eigenvalue weighted by Gasteiger charge is 2.38.